The molecule has 0 spiro atoms. The largest absolute Gasteiger partial charge is 0.366 e. The Bertz CT molecular complexity index is 1420. The molecule has 1 aromatic carbocycles. The number of nitrogens with zero attached hydrogens (tertiary/aromatic N) is 6. The van der Waals surface area contributed by atoms with Gasteiger partial charge in [-0.1, -0.05) is 170 Å². The SMILES string of the molecule is CCCCCCCCCCCCn1cc(COC2C(OC)OC3COC(c4ccccc4)OC3C2OCc2cn(CCCCCCCCCCCC)nn2)nn1. The van der Waals surface area contributed by atoms with Gasteiger partial charge < -0.3 is 28.4 Å². The predicted octanol–water partition coefficient (Wildman–Crippen LogP) is 9.67. The molecular formula is C44H72N6O6. The van der Waals surface area contributed by atoms with Crippen LogP contribution in [0.1, 0.15) is 166 Å². The van der Waals surface area contributed by atoms with Crippen LogP contribution in [0.5, 0.6) is 0 Å². The molecule has 0 aliphatic carbocycles. The molecule has 3 aromatic rings. The average Bonchev–Trinajstić information content (AvgIpc) is 3.90. The number of methoxy groups -OCH3 is 1. The minimum absolute atomic E-state index is 0.233. The first-order chi connectivity index (χ1) is 27.7. The van der Waals surface area contributed by atoms with Crippen molar-refractivity contribution >= 4 is 0 Å². The maximum Gasteiger partial charge on any atom is 0.186 e. The lowest BCUT2D eigenvalue weighted by Crippen LogP contribution is -2.63. The minimum Gasteiger partial charge on any atom is -0.366 e. The summed E-state index contributed by atoms with van der Waals surface area (Å²) in [6, 6.07) is 9.95. The first-order valence-corrected chi connectivity index (χ1v) is 22.2. The summed E-state index contributed by atoms with van der Waals surface area (Å²) >= 11 is 0. The predicted molar refractivity (Wildman–Crippen MR) is 217 cm³/mol. The van der Waals surface area contributed by atoms with Crippen LogP contribution in [0.2, 0.25) is 0 Å². The molecule has 12 heteroatoms. The molecular weight excluding hydrogens is 709 g/mol. The highest BCUT2D eigenvalue weighted by molar-refractivity contribution is 5.16. The summed E-state index contributed by atoms with van der Waals surface area (Å²) in [4.78, 5) is 0. The topological polar surface area (TPSA) is 117 Å². The summed E-state index contributed by atoms with van der Waals surface area (Å²) in [6.07, 6.45) is 26.7. The van der Waals surface area contributed by atoms with E-state index in [0.29, 0.717) is 6.61 Å². The molecule has 6 atom stereocenters. The van der Waals surface area contributed by atoms with E-state index < -0.39 is 37.0 Å². The Balaban J connectivity index is 1.12. The molecule has 0 bridgehead atoms. The molecule has 2 saturated heterocycles. The average molecular weight is 781 g/mol. The van der Waals surface area contributed by atoms with Gasteiger partial charge in [0.25, 0.3) is 0 Å². The first-order valence-electron chi connectivity index (χ1n) is 22.2. The van der Waals surface area contributed by atoms with Crippen molar-refractivity contribution < 1.29 is 28.4 Å². The van der Waals surface area contributed by atoms with E-state index in [1.54, 1.807) is 7.11 Å². The number of rotatable bonds is 30. The van der Waals surface area contributed by atoms with Crippen molar-refractivity contribution in [3.8, 4) is 0 Å². The van der Waals surface area contributed by atoms with Crippen LogP contribution >= 0.6 is 0 Å². The zero-order valence-corrected chi connectivity index (χ0v) is 34.8. The fourth-order valence-electron chi connectivity index (χ4n) is 7.80. The summed E-state index contributed by atoms with van der Waals surface area (Å²) in [7, 11) is 1.62. The van der Waals surface area contributed by atoms with Gasteiger partial charge in [0.05, 0.1) is 32.2 Å². The zero-order chi connectivity index (χ0) is 39.0. The molecule has 2 fully saturated rings. The molecule has 12 nitrogen and oxygen atoms in total. The summed E-state index contributed by atoms with van der Waals surface area (Å²) < 4.78 is 42.0. The van der Waals surface area contributed by atoms with Gasteiger partial charge in [-0.3, -0.25) is 9.36 Å². The van der Waals surface area contributed by atoms with E-state index in [1.165, 1.54) is 116 Å². The molecule has 2 aromatic heterocycles. The van der Waals surface area contributed by atoms with Gasteiger partial charge in [-0.15, -0.1) is 10.2 Å². The van der Waals surface area contributed by atoms with Gasteiger partial charge in [0.1, 0.15) is 35.8 Å². The van der Waals surface area contributed by atoms with Gasteiger partial charge in [-0.25, -0.2) is 0 Å². The quantitative estimate of drug-likeness (QED) is 0.0606. The summed E-state index contributed by atoms with van der Waals surface area (Å²) in [5, 5.41) is 17.7. The van der Waals surface area contributed by atoms with Gasteiger partial charge >= 0.3 is 0 Å². The highest BCUT2D eigenvalue weighted by Gasteiger charge is 2.51. The summed E-state index contributed by atoms with van der Waals surface area (Å²) in [6.45, 7) is 7.05. The van der Waals surface area contributed by atoms with Crippen LogP contribution in [-0.2, 0) is 54.7 Å². The van der Waals surface area contributed by atoms with Crippen molar-refractivity contribution in [2.75, 3.05) is 13.7 Å². The Morgan fingerprint density at radius 3 is 1.59 bits per heavy atom. The second-order valence-corrected chi connectivity index (χ2v) is 15.8. The van der Waals surface area contributed by atoms with Crippen LogP contribution in [-0.4, -0.2) is 74.4 Å². The van der Waals surface area contributed by atoms with Crippen LogP contribution in [0.3, 0.4) is 0 Å². The molecule has 4 heterocycles. The van der Waals surface area contributed by atoms with E-state index in [4.69, 9.17) is 28.4 Å². The zero-order valence-electron chi connectivity index (χ0n) is 34.8. The highest BCUT2D eigenvalue weighted by Crippen LogP contribution is 2.37. The molecule has 5 rings (SSSR count). The number of aryl methyl sites for hydroxylation is 2. The lowest BCUT2D eigenvalue weighted by atomic mass is 9.97. The number of benzene rings is 1. The fourth-order valence-corrected chi connectivity index (χ4v) is 7.80. The molecule has 56 heavy (non-hydrogen) atoms. The van der Waals surface area contributed by atoms with Crippen molar-refractivity contribution in [1.29, 1.82) is 0 Å². The Kier molecular flexibility index (Phi) is 20.8. The van der Waals surface area contributed by atoms with Crippen LogP contribution in [0.25, 0.3) is 0 Å². The second kappa shape index (κ2) is 26.3. The highest BCUT2D eigenvalue weighted by atomic mass is 16.8. The van der Waals surface area contributed by atoms with Crippen molar-refractivity contribution in [3.63, 3.8) is 0 Å². The van der Waals surface area contributed by atoms with Gasteiger partial charge in [0.2, 0.25) is 0 Å². The maximum atomic E-state index is 6.67. The molecule has 6 unspecified atom stereocenters. The van der Waals surface area contributed by atoms with E-state index >= 15 is 0 Å². The standard InChI is InChI=1S/C44H72N6O6/c1-4-6-8-10-12-14-16-18-20-25-29-49-31-37(45-47-49)33-52-41-40-39(35-54-43(56-40)36-27-23-22-24-28-36)55-44(51-3)42(41)53-34-38-32-50(48-46-38)30-26-21-19-17-15-13-11-9-7-5-2/h22-24,27-28,31-32,39-44H,4-21,25-26,29-30,33-35H2,1-3H3. The summed E-state index contributed by atoms with van der Waals surface area (Å²) in [5.74, 6) is 0. The van der Waals surface area contributed by atoms with E-state index in [1.807, 2.05) is 52.1 Å². The smallest absolute Gasteiger partial charge is 0.186 e. The molecule has 0 N–H and O–H groups in total. The Labute approximate surface area is 336 Å². The van der Waals surface area contributed by atoms with Gasteiger partial charge in [0.15, 0.2) is 12.6 Å². The van der Waals surface area contributed by atoms with Crippen molar-refractivity contribution in [1.82, 2.24) is 30.0 Å². The van der Waals surface area contributed by atoms with E-state index in [2.05, 4.69) is 34.5 Å². The van der Waals surface area contributed by atoms with Crippen LogP contribution in [0.15, 0.2) is 42.7 Å². The number of unbranched alkanes of at least 4 members (excludes halogenated alkanes) is 18. The van der Waals surface area contributed by atoms with E-state index in [9.17, 15) is 0 Å². The second-order valence-electron chi connectivity index (χ2n) is 15.8. The Morgan fingerprint density at radius 1 is 0.607 bits per heavy atom. The first kappa shape index (κ1) is 44.4. The molecule has 0 amide bonds. The minimum atomic E-state index is -0.699. The van der Waals surface area contributed by atoms with Crippen molar-refractivity contribution in [2.24, 2.45) is 0 Å². The number of hydrogen-bond donors (Lipinski definition) is 0. The lowest BCUT2D eigenvalue weighted by Gasteiger charge is -2.48. The Morgan fingerprint density at radius 2 is 1.09 bits per heavy atom. The van der Waals surface area contributed by atoms with Crippen LogP contribution in [0, 0.1) is 0 Å². The Hall–Kier alpha value is -2.74. The third kappa shape index (κ3) is 15.2. The number of fused-ring (bicyclic) bond motifs is 1. The van der Waals surface area contributed by atoms with Crippen LogP contribution < -0.4 is 0 Å². The van der Waals surface area contributed by atoms with Gasteiger partial charge in [0, 0.05) is 25.8 Å². The third-order valence-electron chi connectivity index (χ3n) is 11.1. The molecule has 314 valence electrons. The normalized spacial score (nSPS) is 22.4. The molecule has 2 aliphatic heterocycles. The molecule has 0 saturated carbocycles. The van der Waals surface area contributed by atoms with Crippen molar-refractivity contribution in [3.05, 3.63) is 59.7 Å². The maximum absolute atomic E-state index is 6.67. The van der Waals surface area contributed by atoms with Gasteiger partial charge in [-0.05, 0) is 12.8 Å². The van der Waals surface area contributed by atoms with Gasteiger partial charge in [-0.2, -0.15) is 0 Å². The fraction of sp³-hybridized carbons (Fsp3) is 0.773. The number of aromatic nitrogens is 6. The van der Waals surface area contributed by atoms with Crippen LogP contribution in [0.4, 0.5) is 0 Å². The third-order valence-corrected chi connectivity index (χ3v) is 11.1. The molecule has 0 radical (unpaired) electrons. The summed E-state index contributed by atoms with van der Waals surface area (Å²) in [5.41, 5.74) is 2.44. The monoisotopic (exact) mass is 781 g/mol. The van der Waals surface area contributed by atoms with E-state index in [0.717, 1.165) is 42.9 Å². The molecule has 2 aliphatic rings. The number of ether oxygens (including phenoxy) is 6. The van der Waals surface area contributed by atoms with Crippen molar-refractivity contribution in [2.45, 2.75) is 206 Å². The lowest BCUT2D eigenvalue weighted by molar-refractivity contribution is -0.369. The van der Waals surface area contributed by atoms with E-state index in [-0.39, 0.29) is 13.2 Å². The number of hydrogen-bond acceptors (Lipinski definition) is 10.